The first-order valence-electron chi connectivity index (χ1n) is 11.1. The van der Waals surface area contributed by atoms with Crippen molar-refractivity contribution in [1.82, 2.24) is 15.2 Å². The van der Waals surface area contributed by atoms with Crippen molar-refractivity contribution in [2.45, 2.75) is 26.9 Å². The molecule has 1 unspecified atom stereocenters. The fourth-order valence-electron chi connectivity index (χ4n) is 3.96. The van der Waals surface area contributed by atoms with Gasteiger partial charge in [-0.1, -0.05) is 0 Å². The number of anilines is 1. The molecule has 36 heavy (non-hydrogen) atoms. The van der Waals surface area contributed by atoms with Gasteiger partial charge in [-0.3, -0.25) is 19.2 Å². The molecule has 2 heterocycles. The average Bonchev–Trinajstić information content (AvgIpc) is 3.28. The van der Waals surface area contributed by atoms with Crippen molar-refractivity contribution in [2.75, 3.05) is 31.7 Å². The molecular weight excluding hydrogens is 475 g/mol. The van der Waals surface area contributed by atoms with Crippen LogP contribution in [0, 0.1) is 19.7 Å². The zero-order valence-electron chi connectivity index (χ0n) is 20.0. The number of halogens is 1. The van der Waals surface area contributed by atoms with Crippen molar-refractivity contribution in [3.63, 3.8) is 0 Å². The molecule has 1 aromatic carbocycles. The zero-order chi connectivity index (χ0) is 26.6. The predicted octanol–water partition coefficient (Wildman–Crippen LogP) is 1.26. The van der Waals surface area contributed by atoms with Crippen LogP contribution in [0.15, 0.2) is 18.2 Å². The lowest BCUT2D eigenvalue weighted by molar-refractivity contribution is -0.154. The number of carbonyl (C=O) groups is 4. The summed E-state index contributed by atoms with van der Waals surface area (Å²) in [6.07, 6.45) is 0.331. The van der Waals surface area contributed by atoms with E-state index >= 15 is 0 Å². The maximum Gasteiger partial charge on any atom is 0.323 e. The Kier molecular flexibility index (Phi) is 8.22. The predicted molar refractivity (Wildman–Crippen MR) is 127 cm³/mol. The third-order valence-electron chi connectivity index (χ3n) is 5.66. The number of rotatable bonds is 10. The van der Waals surface area contributed by atoms with E-state index in [1.807, 2.05) is 0 Å². The zero-order valence-corrected chi connectivity index (χ0v) is 20.0. The molecule has 3 amide bonds. The third-order valence-corrected chi connectivity index (χ3v) is 5.66. The van der Waals surface area contributed by atoms with Crippen LogP contribution in [-0.2, 0) is 19.1 Å². The lowest BCUT2D eigenvalue weighted by Crippen LogP contribution is -2.48. The number of aromatic nitrogens is 1. The number of H-pyrrole nitrogens is 1. The number of carbonyl (C=O) groups excluding carboxylic acids is 3. The Labute approximate surface area is 205 Å². The molecule has 0 saturated carbocycles. The third kappa shape index (κ3) is 5.61. The molecule has 192 valence electrons. The van der Waals surface area contributed by atoms with Crippen LogP contribution in [0.3, 0.4) is 0 Å². The molecule has 0 aliphatic carbocycles. The Morgan fingerprint density at radius 1 is 1.28 bits per heavy atom. The lowest BCUT2D eigenvalue weighted by atomic mass is 10.0. The highest BCUT2D eigenvalue weighted by molar-refractivity contribution is 6.34. The molecule has 3 rings (SSSR count). The number of aryl methyl sites for hydroxylation is 1. The first kappa shape index (κ1) is 26.6. The number of aliphatic hydroxyl groups is 1. The quantitative estimate of drug-likeness (QED) is 0.241. The van der Waals surface area contributed by atoms with Gasteiger partial charge >= 0.3 is 5.97 Å². The van der Waals surface area contributed by atoms with Crippen LogP contribution in [0.1, 0.15) is 39.8 Å². The number of amides is 3. The highest BCUT2D eigenvalue weighted by Gasteiger charge is 2.28. The molecule has 11 nitrogen and oxygen atoms in total. The van der Waals surface area contributed by atoms with Crippen molar-refractivity contribution in [3.05, 3.63) is 52.1 Å². The number of fused-ring (bicyclic) bond motifs is 1. The molecule has 1 aromatic heterocycles. The molecule has 5 N–H and O–H groups in total. The largest absolute Gasteiger partial charge is 0.480 e. The number of aliphatic carboxylic acids is 1. The Hall–Kier alpha value is -4.03. The summed E-state index contributed by atoms with van der Waals surface area (Å²) >= 11 is 0. The normalized spacial score (nSPS) is 14.4. The highest BCUT2D eigenvalue weighted by Crippen LogP contribution is 2.34. The molecule has 1 atom stereocenters. The van der Waals surface area contributed by atoms with Gasteiger partial charge in [-0.25, -0.2) is 4.39 Å². The smallest absolute Gasteiger partial charge is 0.323 e. The summed E-state index contributed by atoms with van der Waals surface area (Å²) in [5.74, 6) is -3.51. The number of nitrogens with one attached hydrogen (secondary N) is 3. The number of nitrogens with zero attached hydrogens (tertiary/aromatic N) is 1. The minimum Gasteiger partial charge on any atom is -0.480 e. The van der Waals surface area contributed by atoms with Crippen LogP contribution in [-0.4, -0.2) is 76.3 Å². The summed E-state index contributed by atoms with van der Waals surface area (Å²) in [6, 6.07) is 3.97. The first-order valence-corrected chi connectivity index (χ1v) is 11.1. The van der Waals surface area contributed by atoms with Crippen molar-refractivity contribution in [1.29, 1.82) is 0 Å². The summed E-state index contributed by atoms with van der Waals surface area (Å²) < 4.78 is 19.1. The standard InChI is InChI=1S/C24H27FN4O7/c1-4-36-19(24(35)29(11-30)10-20(31)32)9-26-23(34)21-12(2)18(27-13(21)3)8-16-15-7-14(25)5-6-17(15)28-22(16)33/h5-8,19,27,30H,4,9-11H2,1-3H3,(H,26,34)(H,28,33)(H,31,32)/b16-8-. The first-order chi connectivity index (χ1) is 17.1. The Morgan fingerprint density at radius 2 is 2.00 bits per heavy atom. The van der Waals surface area contributed by atoms with E-state index in [9.17, 15) is 28.7 Å². The fourth-order valence-corrected chi connectivity index (χ4v) is 3.96. The van der Waals surface area contributed by atoms with Crippen LogP contribution in [0.4, 0.5) is 10.1 Å². The van der Waals surface area contributed by atoms with Gasteiger partial charge in [0.05, 0.1) is 17.7 Å². The van der Waals surface area contributed by atoms with Crippen molar-refractivity contribution >= 4 is 41.0 Å². The number of aromatic amines is 1. The summed E-state index contributed by atoms with van der Waals surface area (Å²) in [4.78, 5) is 52.7. The topological polar surface area (TPSA) is 161 Å². The fraction of sp³-hybridized carbons (Fsp3) is 0.333. The van der Waals surface area contributed by atoms with Crippen LogP contribution in [0.5, 0.6) is 0 Å². The van der Waals surface area contributed by atoms with Crippen molar-refractivity contribution in [3.8, 4) is 0 Å². The van der Waals surface area contributed by atoms with Crippen LogP contribution in [0.2, 0.25) is 0 Å². The van der Waals surface area contributed by atoms with Gasteiger partial charge in [0, 0.05) is 29.2 Å². The molecule has 1 aliphatic heterocycles. The second-order valence-electron chi connectivity index (χ2n) is 8.09. The molecule has 2 aromatic rings. The second-order valence-corrected chi connectivity index (χ2v) is 8.09. The van der Waals surface area contributed by atoms with Gasteiger partial charge in [0.1, 0.15) is 19.1 Å². The Balaban J connectivity index is 1.81. The van der Waals surface area contributed by atoms with E-state index in [-0.39, 0.29) is 24.3 Å². The second kappa shape index (κ2) is 11.1. The average molecular weight is 502 g/mol. The molecule has 12 heteroatoms. The molecule has 0 radical (unpaired) electrons. The van der Waals surface area contributed by atoms with Gasteiger partial charge in [0.2, 0.25) is 0 Å². The number of hydrogen-bond acceptors (Lipinski definition) is 6. The monoisotopic (exact) mass is 502 g/mol. The summed E-state index contributed by atoms with van der Waals surface area (Å²) in [6.45, 7) is 3.28. The van der Waals surface area contributed by atoms with Gasteiger partial charge in [-0.2, -0.15) is 0 Å². The molecule has 0 spiro atoms. The van der Waals surface area contributed by atoms with E-state index in [1.165, 1.54) is 24.3 Å². The SMILES string of the molecule is CCOC(CNC(=O)c1c(C)[nH]c(/C=C2\C(=O)Nc3ccc(F)cc32)c1C)C(=O)N(CO)CC(=O)O. The maximum atomic E-state index is 13.7. The molecule has 0 saturated heterocycles. The summed E-state index contributed by atoms with van der Waals surface area (Å²) in [5, 5.41) is 23.5. The van der Waals surface area contributed by atoms with Crippen molar-refractivity contribution in [2.24, 2.45) is 0 Å². The van der Waals surface area contributed by atoms with E-state index < -0.39 is 48.9 Å². The van der Waals surface area contributed by atoms with E-state index in [0.717, 1.165) is 0 Å². The maximum absolute atomic E-state index is 13.7. The Bertz CT molecular complexity index is 1240. The van der Waals surface area contributed by atoms with Gasteiger partial charge in [-0.15, -0.1) is 0 Å². The minimum absolute atomic E-state index is 0.114. The molecule has 1 aliphatic rings. The van der Waals surface area contributed by atoms with Crippen LogP contribution in [0.25, 0.3) is 11.6 Å². The van der Waals surface area contributed by atoms with Gasteiger partial charge in [0.15, 0.2) is 6.10 Å². The number of carboxylic acids is 1. The number of benzene rings is 1. The van der Waals surface area contributed by atoms with Crippen molar-refractivity contribution < 1.29 is 38.5 Å². The van der Waals surface area contributed by atoms with E-state index in [0.29, 0.717) is 33.1 Å². The Morgan fingerprint density at radius 3 is 2.64 bits per heavy atom. The molecule has 0 bridgehead atoms. The highest BCUT2D eigenvalue weighted by atomic mass is 19.1. The number of carboxylic acid groups (broad SMARTS) is 1. The minimum atomic E-state index is -1.31. The van der Waals surface area contributed by atoms with Crippen LogP contribution >= 0.6 is 0 Å². The molecule has 0 fully saturated rings. The molecular formula is C24H27FN4O7. The van der Waals surface area contributed by atoms with E-state index in [4.69, 9.17) is 9.84 Å². The number of hydrogen-bond donors (Lipinski definition) is 5. The summed E-state index contributed by atoms with van der Waals surface area (Å²) in [5.41, 5.74) is 2.92. The van der Waals surface area contributed by atoms with Gasteiger partial charge < -0.3 is 35.5 Å². The van der Waals surface area contributed by atoms with Gasteiger partial charge in [-0.05, 0) is 50.6 Å². The lowest BCUT2D eigenvalue weighted by Gasteiger charge is -2.24. The number of ether oxygens (including phenoxy) is 1. The van der Waals surface area contributed by atoms with E-state index in [1.54, 1.807) is 20.8 Å². The summed E-state index contributed by atoms with van der Waals surface area (Å²) in [7, 11) is 0. The van der Waals surface area contributed by atoms with Gasteiger partial charge in [0.25, 0.3) is 17.7 Å². The number of aliphatic hydroxyl groups excluding tert-OH is 1. The van der Waals surface area contributed by atoms with Crippen LogP contribution < -0.4 is 10.6 Å². The van der Waals surface area contributed by atoms with E-state index in [2.05, 4.69) is 15.6 Å².